The van der Waals surface area contributed by atoms with Gasteiger partial charge in [-0.2, -0.15) is 0 Å². The van der Waals surface area contributed by atoms with E-state index in [0.717, 1.165) is 16.3 Å². The Labute approximate surface area is 155 Å². The van der Waals surface area contributed by atoms with Crippen molar-refractivity contribution in [3.8, 4) is 0 Å². The van der Waals surface area contributed by atoms with Crippen LogP contribution in [0.25, 0.3) is 10.8 Å². The van der Waals surface area contributed by atoms with E-state index in [0.29, 0.717) is 16.1 Å². The van der Waals surface area contributed by atoms with Crippen molar-refractivity contribution >= 4 is 34.2 Å². The van der Waals surface area contributed by atoms with Crippen molar-refractivity contribution in [3.63, 3.8) is 0 Å². The molecule has 0 radical (unpaired) electrons. The molecule has 3 aromatic rings. The number of carbonyl (C=O) groups is 2. The number of hydrogen-bond donors (Lipinski definition) is 3. The first-order valence-electron chi connectivity index (χ1n) is 8.02. The molecule has 0 aliphatic carbocycles. The minimum Gasteiger partial charge on any atom is -0.346 e. The summed E-state index contributed by atoms with van der Waals surface area (Å²) in [4.78, 5) is 24.1. The number of benzene rings is 3. The Balaban J connectivity index is 1.83. The molecule has 3 N–H and O–H groups in total. The third-order valence-corrected chi connectivity index (χ3v) is 4.44. The van der Waals surface area contributed by atoms with Gasteiger partial charge in [0.05, 0.1) is 6.04 Å². The number of hydroxylamine groups is 1. The molecule has 0 spiro atoms. The third-order valence-electron chi connectivity index (χ3n) is 4.18. The minimum atomic E-state index is -0.599. The van der Waals surface area contributed by atoms with E-state index in [-0.39, 0.29) is 11.9 Å². The molecule has 0 saturated heterocycles. The average molecular weight is 369 g/mol. The predicted octanol–water partition coefficient (Wildman–Crippen LogP) is 4.10. The highest BCUT2D eigenvalue weighted by atomic mass is 35.5. The van der Waals surface area contributed by atoms with Gasteiger partial charge in [0.25, 0.3) is 11.8 Å². The zero-order valence-electron chi connectivity index (χ0n) is 14.0. The molecule has 0 aliphatic heterocycles. The van der Waals surface area contributed by atoms with Crippen LogP contribution in [0.2, 0.25) is 5.02 Å². The largest absolute Gasteiger partial charge is 0.346 e. The fraction of sp³-hybridized carbons (Fsp3) is 0.100. The molecule has 2 amide bonds. The maximum absolute atomic E-state index is 12.6. The van der Waals surface area contributed by atoms with Gasteiger partial charge < -0.3 is 5.32 Å². The second-order valence-corrected chi connectivity index (χ2v) is 6.40. The van der Waals surface area contributed by atoms with E-state index in [4.69, 9.17) is 16.8 Å². The Hall–Kier alpha value is -2.89. The lowest BCUT2D eigenvalue weighted by Crippen LogP contribution is -2.26. The van der Waals surface area contributed by atoms with Gasteiger partial charge in [0, 0.05) is 16.1 Å². The molecule has 26 heavy (non-hydrogen) atoms. The first-order chi connectivity index (χ1) is 12.5. The maximum atomic E-state index is 12.6. The van der Waals surface area contributed by atoms with E-state index in [1.54, 1.807) is 47.9 Å². The lowest BCUT2D eigenvalue weighted by molar-refractivity contribution is 0.0706. The van der Waals surface area contributed by atoms with Crippen LogP contribution in [0.3, 0.4) is 0 Å². The molecule has 3 aromatic carbocycles. The summed E-state index contributed by atoms with van der Waals surface area (Å²) in [6, 6.07) is 17.4. The second kappa shape index (κ2) is 7.56. The summed E-state index contributed by atoms with van der Waals surface area (Å²) in [6.07, 6.45) is 0. The smallest absolute Gasteiger partial charge is 0.274 e. The standard InChI is InChI=1S/C20H17ClN2O3/c1-12(13-6-8-18(21)9-7-13)22-19(24)15-4-2-14-3-5-16(20(25)23-26)11-17(14)10-15/h2-12,26H,1H3,(H,22,24)(H,23,25). The van der Waals surface area contributed by atoms with Crippen LogP contribution in [0.15, 0.2) is 60.7 Å². The van der Waals surface area contributed by atoms with Crippen LogP contribution in [-0.2, 0) is 0 Å². The number of carbonyl (C=O) groups excluding carboxylic acids is 2. The number of hydrogen-bond acceptors (Lipinski definition) is 3. The zero-order valence-corrected chi connectivity index (χ0v) is 14.7. The van der Waals surface area contributed by atoms with Gasteiger partial charge in [-0.15, -0.1) is 0 Å². The molecule has 0 aromatic heterocycles. The highest BCUT2D eigenvalue weighted by molar-refractivity contribution is 6.30. The SMILES string of the molecule is CC(NC(=O)c1ccc2ccc(C(=O)NO)cc2c1)c1ccc(Cl)cc1. The van der Waals surface area contributed by atoms with E-state index >= 15 is 0 Å². The van der Waals surface area contributed by atoms with Crippen LogP contribution in [0.5, 0.6) is 0 Å². The van der Waals surface area contributed by atoms with Gasteiger partial charge in [0.1, 0.15) is 0 Å². The summed E-state index contributed by atoms with van der Waals surface area (Å²) in [5.41, 5.74) is 3.35. The molecule has 132 valence electrons. The fourth-order valence-electron chi connectivity index (χ4n) is 2.71. The van der Waals surface area contributed by atoms with Crippen molar-refractivity contribution < 1.29 is 14.8 Å². The summed E-state index contributed by atoms with van der Waals surface area (Å²) in [6.45, 7) is 1.89. The quantitative estimate of drug-likeness (QED) is 0.479. The summed E-state index contributed by atoms with van der Waals surface area (Å²) in [7, 11) is 0. The molecular formula is C20H17ClN2O3. The maximum Gasteiger partial charge on any atom is 0.274 e. The average Bonchev–Trinajstić information content (AvgIpc) is 2.66. The van der Waals surface area contributed by atoms with E-state index < -0.39 is 5.91 Å². The van der Waals surface area contributed by atoms with Crippen molar-refractivity contribution in [3.05, 3.63) is 82.4 Å². The van der Waals surface area contributed by atoms with Gasteiger partial charge in [0.15, 0.2) is 0 Å². The van der Waals surface area contributed by atoms with Crippen LogP contribution in [0, 0.1) is 0 Å². The number of amides is 2. The van der Waals surface area contributed by atoms with Crippen molar-refractivity contribution in [2.24, 2.45) is 0 Å². The first kappa shape index (κ1) is 17.9. The molecule has 0 heterocycles. The zero-order chi connectivity index (χ0) is 18.7. The Morgan fingerprint density at radius 2 is 1.46 bits per heavy atom. The monoisotopic (exact) mass is 368 g/mol. The summed E-state index contributed by atoms with van der Waals surface area (Å²) in [5, 5.41) is 14.0. The molecule has 3 rings (SSSR count). The minimum absolute atomic E-state index is 0.179. The van der Waals surface area contributed by atoms with Crippen LogP contribution >= 0.6 is 11.6 Å². The summed E-state index contributed by atoms with van der Waals surface area (Å²) < 4.78 is 0. The highest BCUT2D eigenvalue weighted by Gasteiger charge is 2.13. The van der Waals surface area contributed by atoms with Gasteiger partial charge in [-0.1, -0.05) is 35.9 Å². The van der Waals surface area contributed by atoms with Gasteiger partial charge in [0.2, 0.25) is 0 Å². The molecule has 1 unspecified atom stereocenters. The Bertz CT molecular complexity index is 970. The van der Waals surface area contributed by atoms with E-state index in [9.17, 15) is 9.59 Å². The van der Waals surface area contributed by atoms with Crippen molar-refractivity contribution in [2.45, 2.75) is 13.0 Å². The molecular weight excluding hydrogens is 352 g/mol. The van der Waals surface area contributed by atoms with E-state index in [1.807, 2.05) is 25.1 Å². The first-order valence-corrected chi connectivity index (χ1v) is 8.40. The predicted molar refractivity (Wildman–Crippen MR) is 101 cm³/mol. The molecule has 0 bridgehead atoms. The number of rotatable bonds is 4. The fourth-order valence-corrected chi connectivity index (χ4v) is 2.83. The van der Waals surface area contributed by atoms with Gasteiger partial charge in [-0.25, -0.2) is 5.48 Å². The number of halogens is 1. The van der Waals surface area contributed by atoms with Gasteiger partial charge >= 0.3 is 0 Å². The molecule has 0 fully saturated rings. The Morgan fingerprint density at radius 3 is 2.04 bits per heavy atom. The van der Waals surface area contributed by atoms with Crippen LogP contribution in [0.4, 0.5) is 0 Å². The van der Waals surface area contributed by atoms with E-state index in [1.165, 1.54) is 0 Å². The van der Waals surface area contributed by atoms with Crippen molar-refractivity contribution in [1.82, 2.24) is 10.8 Å². The second-order valence-electron chi connectivity index (χ2n) is 5.96. The third kappa shape index (κ3) is 3.85. The van der Waals surface area contributed by atoms with Gasteiger partial charge in [-0.3, -0.25) is 14.8 Å². The summed E-state index contributed by atoms with van der Waals surface area (Å²) >= 11 is 5.89. The van der Waals surface area contributed by atoms with Crippen LogP contribution < -0.4 is 10.8 Å². The van der Waals surface area contributed by atoms with Gasteiger partial charge in [-0.05, 0) is 59.7 Å². The van der Waals surface area contributed by atoms with E-state index in [2.05, 4.69) is 5.32 Å². The topological polar surface area (TPSA) is 78.4 Å². The van der Waals surface area contributed by atoms with Crippen molar-refractivity contribution in [1.29, 1.82) is 0 Å². The lowest BCUT2D eigenvalue weighted by Gasteiger charge is -2.15. The Morgan fingerprint density at radius 1 is 0.885 bits per heavy atom. The molecule has 0 aliphatic rings. The number of fused-ring (bicyclic) bond motifs is 1. The lowest BCUT2D eigenvalue weighted by atomic mass is 10.0. The summed E-state index contributed by atoms with van der Waals surface area (Å²) in [5.74, 6) is -0.815. The van der Waals surface area contributed by atoms with Crippen LogP contribution in [0.1, 0.15) is 39.2 Å². The molecule has 6 heteroatoms. The molecule has 5 nitrogen and oxygen atoms in total. The van der Waals surface area contributed by atoms with Crippen molar-refractivity contribution in [2.75, 3.05) is 0 Å². The van der Waals surface area contributed by atoms with Crippen LogP contribution in [-0.4, -0.2) is 17.0 Å². The normalized spacial score (nSPS) is 11.8. The number of nitrogens with one attached hydrogen (secondary N) is 2. The highest BCUT2D eigenvalue weighted by Crippen LogP contribution is 2.20. The Kier molecular flexibility index (Phi) is 5.21. The molecule has 0 saturated carbocycles. The molecule has 1 atom stereocenters.